The molecule has 2 aromatic carbocycles. The van der Waals surface area contributed by atoms with Crippen LogP contribution in [0.3, 0.4) is 0 Å². The Hall–Kier alpha value is -3.49. The van der Waals surface area contributed by atoms with Crippen LogP contribution in [0.2, 0.25) is 0 Å². The number of alkyl halides is 3. The first-order valence-corrected chi connectivity index (χ1v) is 9.11. The predicted octanol–water partition coefficient (Wildman–Crippen LogP) is 4.25. The van der Waals surface area contributed by atoms with E-state index in [2.05, 4.69) is 10.3 Å². The van der Waals surface area contributed by atoms with Crippen molar-refractivity contribution in [1.82, 2.24) is 9.55 Å². The van der Waals surface area contributed by atoms with Gasteiger partial charge >= 0.3 is 11.9 Å². The average molecular weight is 417 g/mol. The van der Waals surface area contributed by atoms with E-state index in [0.29, 0.717) is 30.2 Å². The second-order valence-corrected chi connectivity index (χ2v) is 6.78. The van der Waals surface area contributed by atoms with Gasteiger partial charge in [-0.1, -0.05) is 6.07 Å². The fourth-order valence-electron chi connectivity index (χ4n) is 3.53. The number of ether oxygens (including phenoxy) is 2. The second-order valence-electron chi connectivity index (χ2n) is 6.78. The van der Waals surface area contributed by atoms with Crippen molar-refractivity contribution >= 4 is 11.5 Å². The number of hydrogen-bond acceptors (Lipinski definition) is 5. The Labute approximate surface area is 169 Å². The minimum absolute atomic E-state index is 0.160. The number of fused-ring (bicyclic) bond motifs is 3. The summed E-state index contributed by atoms with van der Waals surface area (Å²) in [5.41, 5.74) is 1.28. The van der Waals surface area contributed by atoms with Gasteiger partial charge in [0.25, 0.3) is 0 Å². The number of hydrogen-bond donors (Lipinski definition) is 1. The van der Waals surface area contributed by atoms with Crippen molar-refractivity contribution in [2.24, 2.45) is 0 Å². The zero-order chi connectivity index (χ0) is 21.5. The summed E-state index contributed by atoms with van der Waals surface area (Å²) in [7, 11) is 3.07. The van der Waals surface area contributed by atoms with Crippen LogP contribution in [-0.2, 0) is 19.1 Å². The third kappa shape index (κ3) is 3.58. The molecule has 0 fully saturated rings. The van der Waals surface area contributed by atoms with Crippen LogP contribution in [0.5, 0.6) is 11.5 Å². The van der Waals surface area contributed by atoms with Crippen molar-refractivity contribution in [3.8, 4) is 22.8 Å². The van der Waals surface area contributed by atoms with Crippen molar-refractivity contribution in [1.29, 1.82) is 0 Å². The molecule has 30 heavy (non-hydrogen) atoms. The molecule has 1 aliphatic heterocycles. The number of aromatic nitrogens is 2. The van der Waals surface area contributed by atoms with E-state index in [0.717, 1.165) is 23.3 Å². The summed E-state index contributed by atoms with van der Waals surface area (Å²) in [5, 5.41) is 2.81. The topological polar surface area (TPSA) is 65.4 Å². The lowest BCUT2D eigenvalue weighted by molar-refractivity contribution is -0.137. The zero-order valence-corrected chi connectivity index (χ0v) is 16.2. The molecule has 6 nitrogen and oxygen atoms in total. The Balaban J connectivity index is 1.77. The van der Waals surface area contributed by atoms with Crippen LogP contribution in [0.1, 0.15) is 11.1 Å². The van der Waals surface area contributed by atoms with Crippen LogP contribution < -0.4 is 20.5 Å². The minimum atomic E-state index is -4.46. The highest BCUT2D eigenvalue weighted by Gasteiger charge is 2.30. The molecule has 1 aliphatic rings. The summed E-state index contributed by atoms with van der Waals surface area (Å²) in [5.74, 6) is 1.26. The molecule has 0 saturated carbocycles. The van der Waals surface area contributed by atoms with E-state index in [1.165, 1.54) is 23.8 Å². The van der Waals surface area contributed by atoms with Gasteiger partial charge in [0.1, 0.15) is 5.82 Å². The molecule has 1 aromatic heterocycles. The molecule has 4 rings (SSSR count). The standard InChI is InChI=1S/C21H18F3N3O3/c1-29-17-8-12-6-7-27-16(15(12)10-18(17)30-2)11-19(26-20(27)28)25-14-5-3-4-13(9-14)21(22,23)24/h3-5,8-11H,6-7H2,1-2H3,(H,25,26,28). The van der Waals surface area contributed by atoms with Crippen molar-refractivity contribution in [2.45, 2.75) is 19.1 Å². The zero-order valence-electron chi connectivity index (χ0n) is 16.2. The molecule has 0 radical (unpaired) electrons. The molecule has 0 bridgehead atoms. The monoisotopic (exact) mass is 417 g/mol. The van der Waals surface area contributed by atoms with Crippen molar-refractivity contribution < 1.29 is 22.6 Å². The Bertz CT molecular complexity index is 1170. The van der Waals surface area contributed by atoms with Crippen LogP contribution in [0.25, 0.3) is 11.3 Å². The van der Waals surface area contributed by atoms with Gasteiger partial charge in [-0.15, -0.1) is 0 Å². The highest BCUT2D eigenvalue weighted by Crippen LogP contribution is 2.38. The van der Waals surface area contributed by atoms with Crippen molar-refractivity contribution in [2.75, 3.05) is 19.5 Å². The summed E-state index contributed by atoms with van der Waals surface area (Å²) in [6, 6.07) is 10.0. The summed E-state index contributed by atoms with van der Waals surface area (Å²) in [6.45, 7) is 0.438. The molecule has 9 heteroatoms. The van der Waals surface area contributed by atoms with Crippen molar-refractivity contribution in [3.05, 3.63) is 64.1 Å². The third-order valence-corrected chi connectivity index (χ3v) is 4.96. The van der Waals surface area contributed by atoms with Crippen LogP contribution in [0.4, 0.5) is 24.7 Å². The van der Waals surface area contributed by atoms with E-state index in [1.54, 1.807) is 19.2 Å². The maximum absolute atomic E-state index is 13.0. The van der Waals surface area contributed by atoms with E-state index < -0.39 is 17.4 Å². The Morgan fingerprint density at radius 3 is 2.50 bits per heavy atom. The molecule has 2 heterocycles. The van der Waals surface area contributed by atoms with Gasteiger partial charge in [0.15, 0.2) is 11.5 Å². The lowest BCUT2D eigenvalue weighted by Crippen LogP contribution is -2.28. The minimum Gasteiger partial charge on any atom is -0.493 e. The SMILES string of the molecule is COc1cc2c(cc1OC)-c1cc(Nc3cccc(C(F)(F)F)c3)nc(=O)n1CC2. The van der Waals surface area contributed by atoms with E-state index in [9.17, 15) is 18.0 Å². The molecule has 1 N–H and O–H groups in total. The van der Waals surface area contributed by atoms with E-state index in [-0.39, 0.29) is 11.5 Å². The fourth-order valence-corrected chi connectivity index (χ4v) is 3.53. The van der Waals surface area contributed by atoms with Gasteiger partial charge in [-0.05, 0) is 42.3 Å². The van der Waals surface area contributed by atoms with Gasteiger partial charge in [-0.25, -0.2) is 4.79 Å². The highest BCUT2D eigenvalue weighted by atomic mass is 19.4. The molecular formula is C21H18F3N3O3. The molecule has 156 valence electrons. The number of anilines is 2. The first-order valence-electron chi connectivity index (χ1n) is 9.11. The molecule has 0 saturated heterocycles. The Kier molecular flexibility index (Phi) is 4.89. The van der Waals surface area contributed by atoms with Crippen LogP contribution in [0.15, 0.2) is 47.3 Å². The van der Waals surface area contributed by atoms with Gasteiger partial charge < -0.3 is 14.8 Å². The maximum Gasteiger partial charge on any atom is 0.416 e. The first kappa shape index (κ1) is 19.8. The number of halogens is 3. The number of rotatable bonds is 4. The van der Waals surface area contributed by atoms with E-state index in [1.807, 2.05) is 6.07 Å². The number of nitrogens with zero attached hydrogens (tertiary/aromatic N) is 2. The van der Waals surface area contributed by atoms with Gasteiger partial charge in [-0.3, -0.25) is 4.57 Å². The number of nitrogens with one attached hydrogen (secondary N) is 1. The van der Waals surface area contributed by atoms with Crippen LogP contribution in [-0.4, -0.2) is 23.8 Å². The Morgan fingerprint density at radius 2 is 1.80 bits per heavy atom. The van der Waals surface area contributed by atoms with Crippen molar-refractivity contribution in [3.63, 3.8) is 0 Å². The van der Waals surface area contributed by atoms with Crippen LogP contribution in [0, 0.1) is 0 Å². The largest absolute Gasteiger partial charge is 0.493 e. The highest BCUT2D eigenvalue weighted by molar-refractivity contribution is 5.73. The van der Waals surface area contributed by atoms with E-state index >= 15 is 0 Å². The first-order chi connectivity index (χ1) is 14.3. The van der Waals surface area contributed by atoms with Gasteiger partial charge in [-0.2, -0.15) is 18.2 Å². The van der Waals surface area contributed by atoms with Gasteiger partial charge in [0, 0.05) is 23.9 Å². The normalized spacial score (nSPS) is 12.7. The molecular weight excluding hydrogens is 399 g/mol. The molecule has 0 unspecified atom stereocenters. The molecule has 0 aliphatic carbocycles. The lowest BCUT2D eigenvalue weighted by Gasteiger charge is -2.23. The van der Waals surface area contributed by atoms with E-state index in [4.69, 9.17) is 9.47 Å². The summed E-state index contributed by atoms with van der Waals surface area (Å²) < 4.78 is 51.2. The molecule has 3 aromatic rings. The summed E-state index contributed by atoms with van der Waals surface area (Å²) in [4.78, 5) is 16.5. The van der Waals surface area contributed by atoms with Crippen LogP contribution >= 0.6 is 0 Å². The number of benzene rings is 2. The number of aryl methyl sites for hydroxylation is 1. The third-order valence-electron chi connectivity index (χ3n) is 4.96. The smallest absolute Gasteiger partial charge is 0.416 e. The lowest BCUT2D eigenvalue weighted by atomic mass is 9.97. The quantitative estimate of drug-likeness (QED) is 0.688. The van der Waals surface area contributed by atoms with Gasteiger partial charge in [0.2, 0.25) is 0 Å². The fraction of sp³-hybridized carbons (Fsp3) is 0.238. The number of methoxy groups -OCH3 is 2. The van der Waals surface area contributed by atoms with Gasteiger partial charge in [0.05, 0.1) is 25.5 Å². The second kappa shape index (κ2) is 7.40. The maximum atomic E-state index is 13.0. The molecule has 0 amide bonds. The summed E-state index contributed by atoms with van der Waals surface area (Å²) >= 11 is 0. The Morgan fingerprint density at radius 1 is 1.07 bits per heavy atom. The predicted molar refractivity (Wildman–Crippen MR) is 105 cm³/mol. The molecule has 0 spiro atoms. The average Bonchev–Trinajstić information content (AvgIpc) is 2.72. The summed E-state index contributed by atoms with van der Waals surface area (Å²) in [6.07, 6.45) is -3.85. The molecule has 0 atom stereocenters.